The molecule has 23 heavy (non-hydrogen) atoms. The number of anilines is 1. The van der Waals surface area contributed by atoms with Crippen molar-refractivity contribution in [3.05, 3.63) is 52.2 Å². The Labute approximate surface area is 140 Å². The molecule has 0 saturated heterocycles. The summed E-state index contributed by atoms with van der Waals surface area (Å²) in [5, 5.41) is 7.55. The summed E-state index contributed by atoms with van der Waals surface area (Å²) in [6, 6.07) is 10.5. The molecule has 2 rings (SSSR count). The molecule has 0 spiro atoms. The van der Waals surface area contributed by atoms with E-state index in [0.29, 0.717) is 22.7 Å². The number of nitrogens with zero attached hydrogens (tertiary/aromatic N) is 1. The van der Waals surface area contributed by atoms with Gasteiger partial charge in [-0.1, -0.05) is 6.07 Å². The molecular weight excluding hydrogens is 310 g/mol. The Morgan fingerprint density at radius 2 is 1.83 bits per heavy atom. The van der Waals surface area contributed by atoms with Crippen LogP contribution in [0.5, 0.6) is 0 Å². The van der Waals surface area contributed by atoms with Crippen LogP contribution < -0.4 is 10.6 Å². The number of carbonyl (C=O) groups excluding carboxylic acids is 2. The minimum Gasteiger partial charge on any atom is -0.352 e. The van der Waals surface area contributed by atoms with Crippen LogP contribution >= 0.6 is 11.3 Å². The van der Waals surface area contributed by atoms with Gasteiger partial charge in [-0.05, 0) is 62.8 Å². The summed E-state index contributed by atoms with van der Waals surface area (Å²) in [7, 11) is 4.01. The van der Waals surface area contributed by atoms with Crippen LogP contribution in [0.15, 0.2) is 41.8 Å². The molecule has 1 heterocycles. The van der Waals surface area contributed by atoms with Gasteiger partial charge in [0.25, 0.3) is 11.8 Å². The molecule has 0 bridgehead atoms. The summed E-state index contributed by atoms with van der Waals surface area (Å²) in [6.45, 7) is 1.59. The highest BCUT2D eigenvalue weighted by atomic mass is 32.1. The van der Waals surface area contributed by atoms with Crippen molar-refractivity contribution in [3.63, 3.8) is 0 Å². The van der Waals surface area contributed by atoms with Crippen LogP contribution in [-0.2, 0) is 0 Å². The SMILES string of the molecule is CN(C)CCCNC(=O)c1ccc(NC(=O)c2cccs2)cc1. The van der Waals surface area contributed by atoms with E-state index in [1.807, 2.05) is 25.5 Å². The van der Waals surface area contributed by atoms with Crippen molar-refractivity contribution in [2.75, 3.05) is 32.5 Å². The number of nitrogens with one attached hydrogen (secondary N) is 2. The molecule has 2 amide bonds. The molecule has 0 aliphatic heterocycles. The van der Waals surface area contributed by atoms with Gasteiger partial charge in [0.2, 0.25) is 0 Å². The summed E-state index contributed by atoms with van der Waals surface area (Å²) in [4.78, 5) is 26.7. The number of hydrogen-bond acceptors (Lipinski definition) is 4. The predicted octanol–water partition coefficient (Wildman–Crippen LogP) is 2.68. The Balaban J connectivity index is 1.84. The van der Waals surface area contributed by atoms with Gasteiger partial charge in [-0.2, -0.15) is 0 Å². The fourth-order valence-electron chi connectivity index (χ4n) is 2.00. The number of benzene rings is 1. The first-order valence-electron chi connectivity index (χ1n) is 7.44. The number of thiophene rings is 1. The van der Waals surface area contributed by atoms with Crippen molar-refractivity contribution >= 4 is 28.8 Å². The third-order valence-electron chi connectivity index (χ3n) is 3.22. The van der Waals surface area contributed by atoms with Crippen molar-refractivity contribution in [1.29, 1.82) is 0 Å². The fourth-order valence-corrected chi connectivity index (χ4v) is 2.62. The minimum absolute atomic E-state index is 0.0973. The van der Waals surface area contributed by atoms with Crippen molar-refractivity contribution in [3.8, 4) is 0 Å². The molecule has 0 aliphatic carbocycles. The normalized spacial score (nSPS) is 10.6. The molecule has 1 aromatic heterocycles. The molecule has 5 nitrogen and oxygen atoms in total. The van der Waals surface area contributed by atoms with Crippen LogP contribution in [-0.4, -0.2) is 43.9 Å². The van der Waals surface area contributed by atoms with Crippen LogP contribution in [0.3, 0.4) is 0 Å². The Kier molecular flexibility index (Phi) is 6.31. The molecular formula is C17H21N3O2S. The van der Waals surface area contributed by atoms with Gasteiger partial charge in [0.15, 0.2) is 0 Å². The molecule has 0 fully saturated rings. The molecule has 0 aliphatic rings. The first kappa shape index (κ1) is 17.2. The van der Waals surface area contributed by atoms with Gasteiger partial charge in [-0.3, -0.25) is 9.59 Å². The van der Waals surface area contributed by atoms with Gasteiger partial charge in [0, 0.05) is 17.8 Å². The zero-order valence-electron chi connectivity index (χ0n) is 13.3. The number of hydrogen-bond donors (Lipinski definition) is 2. The van der Waals surface area contributed by atoms with Gasteiger partial charge < -0.3 is 15.5 Å². The number of rotatable bonds is 7. The van der Waals surface area contributed by atoms with Crippen LogP contribution in [0.4, 0.5) is 5.69 Å². The van der Waals surface area contributed by atoms with E-state index in [9.17, 15) is 9.59 Å². The van der Waals surface area contributed by atoms with Gasteiger partial charge in [-0.15, -0.1) is 11.3 Å². The third kappa shape index (κ3) is 5.50. The average Bonchev–Trinajstić information content (AvgIpc) is 3.06. The van der Waals surface area contributed by atoms with E-state index >= 15 is 0 Å². The Morgan fingerprint density at radius 3 is 2.43 bits per heavy atom. The number of amides is 2. The lowest BCUT2D eigenvalue weighted by Crippen LogP contribution is -2.27. The average molecular weight is 331 g/mol. The van der Waals surface area contributed by atoms with Gasteiger partial charge in [0.05, 0.1) is 4.88 Å². The Morgan fingerprint density at radius 1 is 1.09 bits per heavy atom. The molecule has 2 N–H and O–H groups in total. The van der Waals surface area contributed by atoms with E-state index in [4.69, 9.17) is 0 Å². The van der Waals surface area contributed by atoms with Crippen molar-refractivity contribution in [2.24, 2.45) is 0 Å². The second-order valence-corrected chi connectivity index (χ2v) is 6.37. The molecule has 6 heteroatoms. The topological polar surface area (TPSA) is 61.4 Å². The van der Waals surface area contributed by atoms with E-state index in [1.165, 1.54) is 11.3 Å². The van der Waals surface area contributed by atoms with Gasteiger partial charge in [-0.25, -0.2) is 0 Å². The maximum atomic E-state index is 12.0. The van der Waals surface area contributed by atoms with Crippen LogP contribution in [0, 0.1) is 0 Å². The molecule has 122 valence electrons. The number of carbonyl (C=O) groups is 2. The summed E-state index contributed by atoms with van der Waals surface area (Å²) < 4.78 is 0. The van der Waals surface area contributed by atoms with E-state index in [2.05, 4.69) is 15.5 Å². The van der Waals surface area contributed by atoms with Crippen molar-refractivity contribution in [2.45, 2.75) is 6.42 Å². The third-order valence-corrected chi connectivity index (χ3v) is 4.09. The first-order valence-corrected chi connectivity index (χ1v) is 8.32. The smallest absolute Gasteiger partial charge is 0.265 e. The lowest BCUT2D eigenvalue weighted by atomic mass is 10.2. The maximum absolute atomic E-state index is 12.0. The van der Waals surface area contributed by atoms with Crippen molar-refractivity contribution in [1.82, 2.24) is 10.2 Å². The highest BCUT2D eigenvalue weighted by Crippen LogP contribution is 2.14. The second kappa shape index (κ2) is 8.45. The zero-order chi connectivity index (χ0) is 16.7. The van der Waals surface area contributed by atoms with Crippen LogP contribution in [0.25, 0.3) is 0 Å². The summed E-state index contributed by atoms with van der Waals surface area (Å²) in [6.07, 6.45) is 0.910. The Bertz CT molecular complexity index is 636. The Hall–Kier alpha value is -2.18. The van der Waals surface area contributed by atoms with Crippen LogP contribution in [0.2, 0.25) is 0 Å². The molecule has 0 atom stereocenters. The lowest BCUT2D eigenvalue weighted by molar-refractivity contribution is 0.0951. The maximum Gasteiger partial charge on any atom is 0.265 e. The molecule has 0 saturated carbocycles. The fraction of sp³-hybridized carbons (Fsp3) is 0.294. The quantitative estimate of drug-likeness (QED) is 0.767. The summed E-state index contributed by atoms with van der Waals surface area (Å²) in [5.74, 6) is -0.235. The van der Waals surface area contributed by atoms with E-state index in [1.54, 1.807) is 30.3 Å². The van der Waals surface area contributed by atoms with E-state index in [0.717, 1.165) is 13.0 Å². The molecule has 0 radical (unpaired) electrons. The minimum atomic E-state index is -0.138. The zero-order valence-corrected chi connectivity index (χ0v) is 14.2. The van der Waals surface area contributed by atoms with Crippen molar-refractivity contribution < 1.29 is 9.59 Å². The monoisotopic (exact) mass is 331 g/mol. The molecule has 0 unspecified atom stereocenters. The van der Waals surface area contributed by atoms with E-state index in [-0.39, 0.29) is 11.8 Å². The predicted molar refractivity (Wildman–Crippen MR) is 94.2 cm³/mol. The summed E-state index contributed by atoms with van der Waals surface area (Å²) >= 11 is 1.39. The highest BCUT2D eigenvalue weighted by Gasteiger charge is 2.08. The second-order valence-electron chi connectivity index (χ2n) is 5.42. The molecule has 2 aromatic rings. The summed E-state index contributed by atoms with van der Waals surface area (Å²) in [5.41, 5.74) is 1.26. The first-order chi connectivity index (χ1) is 11.1. The molecule has 1 aromatic carbocycles. The van der Waals surface area contributed by atoms with Gasteiger partial charge >= 0.3 is 0 Å². The lowest BCUT2D eigenvalue weighted by Gasteiger charge is -2.10. The largest absolute Gasteiger partial charge is 0.352 e. The van der Waals surface area contributed by atoms with E-state index < -0.39 is 0 Å². The highest BCUT2D eigenvalue weighted by molar-refractivity contribution is 7.12. The van der Waals surface area contributed by atoms with Crippen LogP contribution in [0.1, 0.15) is 26.5 Å². The van der Waals surface area contributed by atoms with Gasteiger partial charge in [0.1, 0.15) is 0 Å². The standard InChI is InChI=1S/C17H21N3O2S/c1-20(2)11-4-10-18-16(21)13-6-8-14(9-7-13)19-17(22)15-5-3-12-23-15/h3,5-9,12H,4,10-11H2,1-2H3,(H,18,21)(H,19,22).